The summed E-state index contributed by atoms with van der Waals surface area (Å²) < 4.78 is 41.7. The lowest BCUT2D eigenvalue weighted by molar-refractivity contribution is -0.120. The number of carbonyl (C=O) groups is 1. The number of hydrogen-bond acceptors (Lipinski definition) is 3. The van der Waals surface area contributed by atoms with Gasteiger partial charge in [-0.3, -0.25) is 4.79 Å². The summed E-state index contributed by atoms with van der Waals surface area (Å²) in [5.74, 6) is -0.764. The molecule has 1 aromatic rings. The summed E-state index contributed by atoms with van der Waals surface area (Å²) >= 11 is 5.72. The van der Waals surface area contributed by atoms with Crippen LogP contribution in [0.1, 0.15) is 32.1 Å². The van der Waals surface area contributed by atoms with Crippen molar-refractivity contribution in [2.75, 3.05) is 12.4 Å². The molecule has 1 heterocycles. The van der Waals surface area contributed by atoms with Gasteiger partial charge in [-0.25, -0.2) is 4.39 Å². The highest BCUT2D eigenvalue weighted by atomic mass is 35.5. The molecule has 0 bridgehead atoms. The van der Waals surface area contributed by atoms with Gasteiger partial charge in [0, 0.05) is 18.8 Å². The second-order valence-electron chi connectivity index (χ2n) is 6.66. The van der Waals surface area contributed by atoms with Gasteiger partial charge in [-0.2, -0.15) is 17.4 Å². The highest BCUT2D eigenvalue weighted by Crippen LogP contribution is 2.33. The summed E-state index contributed by atoms with van der Waals surface area (Å²) in [7, 11) is -2.33. The molecule has 25 heavy (non-hydrogen) atoms. The minimum absolute atomic E-state index is 0.104. The molecule has 1 aliphatic heterocycles. The molecule has 0 aromatic heterocycles. The molecule has 1 aromatic carbocycles. The first-order valence-electron chi connectivity index (χ1n) is 8.29. The Hall–Kier alpha value is -1.22. The van der Waals surface area contributed by atoms with E-state index in [0.29, 0.717) is 12.1 Å². The first-order valence-corrected chi connectivity index (χ1v) is 10.1. The van der Waals surface area contributed by atoms with Crippen molar-refractivity contribution in [3.8, 4) is 0 Å². The monoisotopic (exact) mass is 389 g/mol. The molecule has 1 saturated heterocycles. The molecular weight excluding hydrogens is 369 g/mol. The zero-order valence-electron chi connectivity index (χ0n) is 13.8. The van der Waals surface area contributed by atoms with Gasteiger partial charge in [-0.1, -0.05) is 24.4 Å². The zero-order valence-corrected chi connectivity index (χ0v) is 15.4. The average molecular weight is 390 g/mol. The lowest BCUT2D eigenvalue weighted by Gasteiger charge is -2.38. The minimum atomic E-state index is -3.71. The number of nitrogens with zero attached hydrogens (tertiary/aromatic N) is 1. The number of halogens is 2. The van der Waals surface area contributed by atoms with Gasteiger partial charge in [-0.15, -0.1) is 0 Å². The maximum absolute atomic E-state index is 13.2. The van der Waals surface area contributed by atoms with Crippen LogP contribution >= 0.6 is 11.6 Å². The van der Waals surface area contributed by atoms with Crippen molar-refractivity contribution < 1.29 is 17.6 Å². The standard InChI is InChI=1S/C16H21ClFN3O3S/c1-21-15(16(22)19-11-6-7-13(18)12(17)8-11)9-14(20-25(21,23)24)10-4-2-3-5-10/h6-8,10,14-15,20H,2-5,9H2,1H3,(H,19,22). The van der Waals surface area contributed by atoms with Crippen molar-refractivity contribution in [1.29, 1.82) is 0 Å². The molecule has 2 aliphatic rings. The molecule has 2 unspecified atom stereocenters. The second kappa shape index (κ2) is 7.19. The van der Waals surface area contributed by atoms with E-state index in [1.807, 2.05) is 0 Å². The van der Waals surface area contributed by atoms with E-state index in [4.69, 9.17) is 11.6 Å². The predicted molar refractivity (Wildman–Crippen MR) is 94.0 cm³/mol. The minimum Gasteiger partial charge on any atom is -0.325 e. The highest BCUT2D eigenvalue weighted by Gasteiger charge is 2.43. The number of benzene rings is 1. The normalized spacial score (nSPS) is 27.3. The fourth-order valence-electron chi connectivity index (χ4n) is 3.60. The number of anilines is 1. The van der Waals surface area contributed by atoms with E-state index in [0.717, 1.165) is 36.1 Å². The smallest absolute Gasteiger partial charge is 0.280 e. The molecule has 9 heteroatoms. The van der Waals surface area contributed by atoms with Crippen LogP contribution in [0.5, 0.6) is 0 Å². The van der Waals surface area contributed by atoms with Crippen molar-refractivity contribution in [3.05, 3.63) is 29.0 Å². The molecule has 2 N–H and O–H groups in total. The van der Waals surface area contributed by atoms with Crippen LogP contribution in [0.3, 0.4) is 0 Å². The number of hydrogen-bond donors (Lipinski definition) is 2. The Balaban J connectivity index is 1.77. The second-order valence-corrected chi connectivity index (χ2v) is 8.83. The van der Waals surface area contributed by atoms with Gasteiger partial charge >= 0.3 is 0 Å². The third kappa shape index (κ3) is 3.97. The van der Waals surface area contributed by atoms with Gasteiger partial charge in [-0.05, 0) is 43.4 Å². The number of carbonyl (C=O) groups excluding carboxylic acids is 1. The van der Waals surface area contributed by atoms with Crippen LogP contribution in [0.15, 0.2) is 18.2 Å². The van der Waals surface area contributed by atoms with Crippen LogP contribution in [-0.4, -0.2) is 37.8 Å². The summed E-state index contributed by atoms with van der Waals surface area (Å²) in [6.07, 6.45) is 4.52. The first kappa shape index (κ1) is 18.6. The molecular formula is C16H21ClFN3O3S. The van der Waals surface area contributed by atoms with Crippen LogP contribution in [0.4, 0.5) is 10.1 Å². The molecule has 1 saturated carbocycles. The Bertz CT molecular complexity index is 768. The molecule has 3 rings (SSSR count). The predicted octanol–water partition coefficient (Wildman–Crippen LogP) is 2.51. The largest absolute Gasteiger partial charge is 0.325 e. The van der Waals surface area contributed by atoms with Gasteiger partial charge in [0.2, 0.25) is 5.91 Å². The lowest BCUT2D eigenvalue weighted by Crippen LogP contribution is -2.60. The highest BCUT2D eigenvalue weighted by molar-refractivity contribution is 7.87. The van der Waals surface area contributed by atoms with E-state index in [1.165, 1.54) is 19.2 Å². The van der Waals surface area contributed by atoms with Crippen molar-refractivity contribution in [2.45, 2.75) is 44.2 Å². The number of nitrogens with one attached hydrogen (secondary N) is 2. The molecule has 0 spiro atoms. The summed E-state index contributed by atoms with van der Waals surface area (Å²) in [5, 5.41) is 2.53. The summed E-state index contributed by atoms with van der Waals surface area (Å²) in [6.45, 7) is 0. The van der Waals surface area contributed by atoms with Gasteiger partial charge < -0.3 is 5.32 Å². The maximum atomic E-state index is 13.2. The Labute approximate surface area is 151 Å². The Morgan fingerprint density at radius 2 is 2.04 bits per heavy atom. The van der Waals surface area contributed by atoms with Crippen molar-refractivity contribution >= 4 is 33.4 Å². The van der Waals surface area contributed by atoms with E-state index in [-0.39, 0.29) is 17.0 Å². The topological polar surface area (TPSA) is 78.5 Å². The fraction of sp³-hybridized carbons (Fsp3) is 0.562. The Kier molecular flexibility index (Phi) is 5.34. The zero-order chi connectivity index (χ0) is 18.2. The van der Waals surface area contributed by atoms with Crippen LogP contribution in [0.25, 0.3) is 0 Å². The SMILES string of the molecule is CN1C(C(=O)Nc2ccc(F)c(Cl)c2)CC(C2CCCC2)NS1(=O)=O. The van der Waals surface area contributed by atoms with E-state index in [1.54, 1.807) is 0 Å². The molecule has 1 amide bonds. The third-order valence-electron chi connectivity index (χ3n) is 5.05. The third-order valence-corrected chi connectivity index (χ3v) is 6.96. The van der Waals surface area contributed by atoms with Crippen LogP contribution in [-0.2, 0) is 15.0 Å². The Morgan fingerprint density at radius 3 is 2.68 bits per heavy atom. The van der Waals surface area contributed by atoms with E-state index >= 15 is 0 Å². The molecule has 2 fully saturated rings. The fourth-order valence-corrected chi connectivity index (χ4v) is 5.13. The Morgan fingerprint density at radius 1 is 1.36 bits per heavy atom. The van der Waals surface area contributed by atoms with Crippen LogP contribution in [0, 0.1) is 11.7 Å². The number of likely N-dealkylation sites (N-methyl/N-ethyl adjacent to an activating group) is 1. The number of amides is 1. The van der Waals surface area contributed by atoms with Crippen molar-refractivity contribution in [3.63, 3.8) is 0 Å². The first-order chi connectivity index (χ1) is 11.8. The van der Waals surface area contributed by atoms with Gasteiger partial charge in [0.1, 0.15) is 11.9 Å². The maximum Gasteiger partial charge on any atom is 0.280 e. The molecule has 6 nitrogen and oxygen atoms in total. The van der Waals surface area contributed by atoms with Crippen molar-refractivity contribution in [2.24, 2.45) is 5.92 Å². The quantitative estimate of drug-likeness (QED) is 0.833. The molecule has 2 atom stereocenters. The van der Waals surface area contributed by atoms with Gasteiger partial charge in [0.05, 0.1) is 5.02 Å². The van der Waals surface area contributed by atoms with Crippen molar-refractivity contribution in [1.82, 2.24) is 9.03 Å². The number of rotatable bonds is 3. The van der Waals surface area contributed by atoms with Crippen LogP contribution < -0.4 is 10.0 Å². The van der Waals surface area contributed by atoms with E-state index < -0.39 is 28.0 Å². The van der Waals surface area contributed by atoms with E-state index in [2.05, 4.69) is 10.0 Å². The molecule has 1 aliphatic carbocycles. The van der Waals surface area contributed by atoms with Gasteiger partial charge in [0.25, 0.3) is 10.2 Å². The summed E-state index contributed by atoms with van der Waals surface area (Å²) in [6, 6.07) is 2.79. The van der Waals surface area contributed by atoms with Crippen LogP contribution in [0.2, 0.25) is 5.02 Å². The summed E-state index contributed by atoms with van der Waals surface area (Å²) in [5.41, 5.74) is 0.332. The summed E-state index contributed by atoms with van der Waals surface area (Å²) in [4.78, 5) is 12.6. The average Bonchev–Trinajstić information content (AvgIpc) is 3.07. The van der Waals surface area contributed by atoms with E-state index in [9.17, 15) is 17.6 Å². The molecule has 0 radical (unpaired) electrons. The van der Waals surface area contributed by atoms with Gasteiger partial charge in [0.15, 0.2) is 0 Å². The molecule has 138 valence electrons. The lowest BCUT2D eigenvalue weighted by atomic mass is 9.92.